The quantitative estimate of drug-likeness (QED) is 0.502. The predicted molar refractivity (Wildman–Crippen MR) is 125 cm³/mol. The SMILES string of the molecule is Cc1ccc(-n2nc3c(=O)n(CC(=O)NCc4ccccc4Cl)nc(C)c3c2C)c(C)c1. The lowest BCUT2D eigenvalue weighted by Gasteiger charge is -2.09. The van der Waals surface area contributed by atoms with Gasteiger partial charge in [0.15, 0.2) is 5.52 Å². The lowest BCUT2D eigenvalue weighted by Crippen LogP contribution is -2.34. The summed E-state index contributed by atoms with van der Waals surface area (Å²) in [6, 6.07) is 13.4. The van der Waals surface area contributed by atoms with Crippen LogP contribution in [0.15, 0.2) is 47.3 Å². The molecule has 0 spiro atoms. The van der Waals surface area contributed by atoms with Crippen molar-refractivity contribution in [2.75, 3.05) is 0 Å². The van der Waals surface area contributed by atoms with Crippen molar-refractivity contribution in [2.24, 2.45) is 0 Å². The number of nitrogens with zero attached hydrogens (tertiary/aromatic N) is 4. The van der Waals surface area contributed by atoms with Crippen molar-refractivity contribution in [3.63, 3.8) is 0 Å². The van der Waals surface area contributed by atoms with Gasteiger partial charge in [0.2, 0.25) is 5.91 Å². The maximum atomic E-state index is 13.1. The van der Waals surface area contributed by atoms with Crippen molar-refractivity contribution >= 4 is 28.4 Å². The van der Waals surface area contributed by atoms with Gasteiger partial charge in [0.1, 0.15) is 6.54 Å². The molecule has 0 aliphatic heterocycles. The first kappa shape index (κ1) is 21.8. The van der Waals surface area contributed by atoms with Gasteiger partial charge in [0, 0.05) is 11.6 Å². The van der Waals surface area contributed by atoms with E-state index in [1.807, 2.05) is 58.0 Å². The van der Waals surface area contributed by atoms with Crippen LogP contribution in [0.4, 0.5) is 0 Å². The molecular weight excluding hydrogens is 426 g/mol. The summed E-state index contributed by atoms with van der Waals surface area (Å²) in [4.78, 5) is 25.6. The van der Waals surface area contributed by atoms with Gasteiger partial charge in [-0.2, -0.15) is 10.2 Å². The number of amides is 1. The number of benzene rings is 2. The fraction of sp³-hybridized carbons (Fsp3) is 0.250. The Morgan fingerprint density at radius 2 is 1.81 bits per heavy atom. The van der Waals surface area contributed by atoms with E-state index in [0.29, 0.717) is 21.6 Å². The van der Waals surface area contributed by atoms with Crippen LogP contribution in [0, 0.1) is 27.7 Å². The summed E-state index contributed by atoms with van der Waals surface area (Å²) < 4.78 is 2.94. The summed E-state index contributed by atoms with van der Waals surface area (Å²) in [6.45, 7) is 7.86. The lowest BCUT2D eigenvalue weighted by molar-refractivity contribution is -0.122. The van der Waals surface area contributed by atoms with Gasteiger partial charge in [-0.1, -0.05) is 47.5 Å². The predicted octanol–water partition coefficient (Wildman–Crippen LogP) is 3.79. The van der Waals surface area contributed by atoms with Crippen LogP contribution < -0.4 is 10.9 Å². The number of carbonyl (C=O) groups is 1. The summed E-state index contributed by atoms with van der Waals surface area (Å²) in [6.07, 6.45) is 0. The number of halogens is 1. The van der Waals surface area contributed by atoms with E-state index in [9.17, 15) is 9.59 Å². The molecule has 0 saturated heterocycles. The normalized spacial score (nSPS) is 11.2. The molecule has 0 atom stereocenters. The van der Waals surface area contributed by atoms with E-state index >= 15 is 0 Å². The second-order valence-corrected chi connectivity index (χ2v) is 8.33. The molecule has 8 heteroatoms. The Hall–Kier alpha value is -3.45. The Bertz CT molecular complexity index is 1400. The molecule has 2 aromatic carbocycles. The second kappa shape index (κ2) is 8.59. The lowest BCUT2D eigenvalue weighted by atomic mass is 10.1. The molecule has 0 saturated carbocycles. The zero-order valence-electron chi connectivity index (χ0n) is 18.4. The minimum atomic E-state index is -0.398. The number of nitrogens with one attached hydrogen (secondary N) is 1. The summed E-state index contributed by atoms with van der Waals surface area (Å²) >= 11 is 6.14. The van der Waals surface area contributed by atoms with Crippen LogP contribution in [0.5, 0.6) is 0 Å². The molecule has 2 heterocycles. The zero-order valence-corrected chi connectivity index (χ0v) is 19.2. The third kappa shape index (κ3) is 4.03. The largest absolute Gasteiger partial charge is 0.350 e. The molecule has 32 heavy (non-hydrogen) atoms. The van der Waals surface area contributed by atoms with E-state index in [2.05, 4.69) is 21.6 Å². The Morgan fingerprint density at radius 3 is 2.53 bits per heavy atom. The number of hydrogen-bond donors (Lipinski definition) is 1. The Balaban J connectivity index is 1.65. The van der Waals surface area contributed by atoms with Crippen LogP contribution in [-0.2, 0) is 17.9 Å². The summed E-state index contributed by atoms with van der Waals surface area (Å²) in [5.74, 6) is -0.330. The fourth-order valence-corrected chi connectivity index (χ4v) is 4.10. The van der Waals surface area contributed by atoms with Gasteiger partial charge in [0.05, 0.1) is 22.5 Å². The van der Waals surface area contributed by atoms with Crippen LogP contribution in [0.3, 0.4) is 0 Å². The van der Waals surface area contributed by atoms with E-state index < -0.39 is 5.56 Å². The highest BCUT2D eigenvalue weighted by molar-refractivity contribution is 6.31. The average Bonchev–Trinajstić information content (AvgIpc) is 3.09. The number of carbonyl (C=O) groups excluding carboxylic acids is 1. The molecule has 0 aliphatic carbocycles. The number of fused-ring (bicyclic) bond motifs is 1. The highest BCUT2D eigenvalue weighted by atomic mass is 35.5. The number of rotatable bonds is 5. The number of aryl methyl sites for hydroxylation is 4. The van der Waals surface area contributed by atoms with Crippen molar-refractivity contribution in [1.82, 2.24) is 24.9 Å². The molecule has 0 unspecified atom stereocenters. The molecule has 1 amide bonds. The second-order valence-electron chi connectivity index (χ2n) is 7.93. The molecule has 4 aromatic rings. The van der Waals surface area contributed by atoms with Gasteiger partial charge in [-0.15, -0.1) is 0 Å². The van der Waals surface area contributed by atoms with Crippen molar-refractivity contribution in [3.05, 3.63) is 85.9 Å². The Morgan fingerprint density at radius 1 is 1.06 bits per heavy atom. The van der Waals surface area contributed by atoms with Crippen LogP contribution in [0.1, 0.15) is 28.1 Å². The summed E-state index contributed by atoms with van der Waals surface area (Å²) in [5, 5.41) is 13.1. The first-order chi connectivity index (χ1) is 15.3. The van der Waals surface area contributed by atoms with Gasteiger partial charge in [-0.05, 0) is 51.0 Å². The van der Waals surface area contributed by atoms with Gasteiger partial charge in [-0.25, -0.2) is 9.36 Å². The molecule has 164 valence electrons. The summed E-state index contributed by atoms with van der Waals surface area (Å²) in [5.41, 5.74) is 5.31. The molecule has 0 aliphatic rings. The maximum absolute atomic E-state index is 13.1. The minimum Gasteiger partial charge on any atom is -0.350 e. The van der Waals surface area contributed by atoms with E-state index in [1.165, 1.54) is 4.68 Å². The highest BCUT2D eigenvalue weighted by Crippen LogP contribution is 2.23. The van der Waals surface area contributed by atoms with E-state index in [1.54, 1.807) is 10.7 Å². The molecule has 1 N–H and O–H groups in total. The van der Waals surface area contributed by atoms with Crippen LogP contribution in [-0.4, -0.2) is 25.5 Å². The van der Waals surface area contributed by atoms with Crippen molar-refractivity contribution in [1.29, 1.82) is 0 Å². The van der Waals surface area contributed by atoms with Crippen LogP contribution in [0.2, 0.25) is 5.02 Å². The highest BCUT2D eigenvalue weighted by Gasteiger charge is 2.19. The van der Waals surface area contributed by atoms with Crippen molar-refractivity contribution in [2.45, 2.75) is 40.8 Å². The average molecular weight is 450 g/mol. The molecule has 0 bridgehead atoms. The fourth-order valence-electron chi connectivity index (χ4n) is 3.90. The minimum absolute atomic E-state index is 0.199. The number of hydrogen-bond acceptors (Lipinski definition) is 4. The van der Waals surface area contributed by atoms with Gasteiger partial charge in [0.25, 0.3) is 5.56 Å². The molecular formula is C24H24ClN5O2. The van der Waals surface area contributed by atoms with Crippen LogP contribution >= 0.6 is 11.6 Å². The van der Waals surface area contributed by atoms with Crippen molar-refractivity contribution in [3.8, 4) is 5.69 Å². The van der Waals surface area contributed by atoms with Gasteiger partial charge in [-0.3, -0.25) is 9.59 Å². The monoisotopic (exact) mass is 449 g/mol. The third-order valence-corrected chi connectivity index (χ3v) is 5.86. The topological polar surface area (TPSA) is 81.8 Å². The maximum Gasteiger partial charge on any atom is 0.295 e. The standard InChI is InChI=1S/C24H24ClN5O2/c1-14-9-10-20(15(2)11-14)30-17(4)22-16(3)27-29(24(32)23(22)28-30)13-21(31)26-12-18-7-5-6-8-19(18)25/h5-11H,12-13H2,1-4H3,(H,26,31). The zero-order chi connectivity index (χ0) is 23.0. The van der Waals surface area contributed by atoms with Crippen LogP contribution in [0.25, 0.3) is 16.6 Å². The van der Waals surface area contributed by atoms with Gasteiger partial charge < -0.3 is 5.32 Å². The number of aromatic nitrogens is 4. The molecule has 4 rings (SSSR count). The first-order valence-corrected chi connectivity index (χ1v) is 10.7. The third-order valence-electron chi connectivity index (χ3n) is 5.49. The summed E-state index contributed by atoms with van der Waals surface area (Å²) in [7, 11) is 0. The van der Waals surface area contributed by atoms with Crippen molar-refractivity contribution < 1.29 is 4.79 Å². The molecule has 0 radical (unpaired) electrons. The van der Waals surface area contributed by atoms with E-state index in [4.69, 9.17) is 11.6 Å². The Labute approximate surface area is 190 Å². The van der Waals surface area contributed by atoms with E-state index in [-0.39, 0.29) is 19.0 Å². The molecule has 2 aromatic heterocycles. The molecule has 0 fully saturated rings. The molecule has 7 nitrogen and oxygen atoms in total. The first-order valence-electron chi connectivity index (χ1n) is 10.3. The van der Waals surface area contributed by atoms with E-state index in [0.717, 1.165) is 28.1 Å². The van der Waals surface area contributed by atoms with Gasteiger partial charge >= 0.3 is 0 Å². The Kier molecular flexibility index (Phi) is 5.84. The smallest absolute Gasteiger partial charge is 0.295 e.